The van der Waals surface area contributed by atoms with Crippen molar-refractivity contribution >= 4 is 5.97 Å². The molecule has 0 aromatic heterocycles. The first-order valence-electron chi connectivity index (χ1n) is 4.51. The lowest BCUT2D eigenvalue weighted by Gasteiger charge is -2.16. The summed E-state index contributed by atoms with van der Waals surface area (Å²) in [6, 6.07) is 2.31. The van der Waals surface area contributed by atoms with Crippen molar-refractivity contribution in [2.45, 2.75) is 12.8 Å². The predicted molar refractivity (Wildman–Crippen MR) is 49.8 cm³/mol. The minimum absolute atomic E-state index is 0.574. The number of nitriles is 1. The Kier molecular flexibility index (Phi) is 3.94. The summed E-state index contributed by atoms with van der Waals surface area (Å²) in [5.41, 5.74) is -3.95. The van der Waals surface area contributed by atoms with E-state index in [1.54, 1.807) is 0 Å². The number of nitrogens with zero attached hydrogens (tertiary/aromatic N) is 1. The van der Waals surface area contributed by atoms with Crippen LogP contribution in [0.2, 0.25) is 0 Å². The Balaban J connectivity index is 3.67. The van der Waals surface area contributed by atoms with Crippen LogP contribution in [0.3, 0.4) is 0 Å². The molecule has 0 saturated carbocycles. The third-order valence-electron chi connectivity index (χ3n) is 2.00. The van der Waals surface area contributed by atoms with Crippen molar-refractivity contribution in [3.8, 4) is 11.8 Å². The average Bonchev–Trinajstić information content (AvgIpc) is 2.25. The molecule has 0 aliphatic carbocycles. The van der Waals surface area contributed by atoms with Crippen LogP contribution >= 0.6 is 0 Å². The number of carbonyl (C=O) groups is 1. The van der Waals surface area contributed by atoms with Gasteiger partial charge in [0.2, 0.25) is 0 Å². The van der Waals surface area contributed by atoms with Crippen molar-refractivity contribution in [2.24, 2.45) is 0 Å². The van der Waals surface area contributed by atoms with Crippen molar-refractivity contribution in [2.75, 3.05) is 0 Å². The van der Waals surface area contributed by atoms with Crippen LogP contribution in [-0.2, 0) is 6.18 Å². The van der Waals surface area contributed by atoms with Gasteiger partial charge in [-0.1, -0.05) is 0 Å². The molecule has 9 heteroatoms. The molecular weight excluding hydrogens is 277 g/mol. The number of rotatable bonds is 3. The number of alkyl halides is 5. The van der Waals surface area contributed by atoms with Gasteiger partial charge in [-0.05, 0) is 12.1 Å². The van der Waals surface area contributed by atoms with Gasteiger partial charge in [-0.2, -0.15) is 27.2 Å². The highest BCUT2D eigenvalue weighted by molar-refractivity contribution is 5.92. The summed E-state index contributed by atoms with van der Waals surface area (Å²) >= 11 is 0. The average molecular weight is 281 g/mol. The first-order valence-corrected chi connectivity index (χ1v) is 4.51. The van der Waals surface area contributed by atoms with E-state index in [1.807, 2.05) is 0 Å². The molecule has 0 spiro atoms. The fourth-order valence-corrected chi connectivity index (χ4v) is 1.34. The molecule has 0 saturated heterocycles. The summed E-state index contributed by atoms with van der Waals surface area (Å²) in [6.07, 6.45) is -5.21. The fourth-order valence-electron chi connectivity index (χ4n) is 1.34. The number of carboxylic acid groups (broad SMARTS) is 1. The van der Waals surface area contributed by atoms with E-state index >= 15 is 0 Å². The highest BCUT2D eigenvalue weighted by Gasteiger charge is 2.40. The van der Waals surface area contributed by atoms with E-state index in [2.05, 4.69) is 4.74 Å². The number of aromatic carboxylic acids is 1. The van der Waals surface area contributed by atoms with Crippen molar-refractivity contribution in [1.82, 2.24) is 0 Å². The summed E-state index contributed by atoms with van der Waals surface area (Å²) in [7, 11) is 0. The highest BCUT2D eigenvalue weighted by atomic mass is 19.4. The second-order valence-electron chi connectivity index (χ2n) is 3.16. The van der Waals surface area contributed by atoms with Gasteiger partial charge >= 0.3 is 18.8 Å². The third kappa shape index (κ3) is 3.09. The SMILES string of the molecule is N#Cc1ccc(C(=O)O)c(OC(F)F)c1C(F)(F)F. The van der Waals surface area contributed by atoms with E-state index in [4.69, 9.17) is 10.4 Å². The molecule has 1 aromatic carbocycles. The van der Waals surface area contributed by atoms with Gasteiger partial charge in [0, 0.05) is 0 Å². The Hall–Kier alpha value is -2.37. The summed E-state index contributed by atoms with van der Waals surface area (Å²) < 4.78 is 66.0. The molecule has 0 heterocycles. The molecule has 0 bridgehead atoms. The maximum atomic E-state index is 12.7. The van der Waals surface area contributed by atoms with Gasteiger partial charge in [0.05, 0.1) is 11.6 Å². The largest absolute Gasteiger partial charge is 0.478 e. The standard InChI is InChI=1S/C10H4F5NO3/c11-9(12)19-7-5(8(17)18)2-1-4(3-16)6(7)10(13,14)15/h1-2,9H,(H,17,18). The topological polar surface area (TPSA) is 70.3 Å². The minimum atomic E-state index is -5.21. The Labute approximate surface area is 102 Å². The number of carboxylic acids is 1. The predicted octanol–water partition coefficient (Wildman–Crippen LogP) is 2.88. The van der Waals surface area contributed by atoms with E-state index in [0.29, 0.717) is 12.1 Å². The molecule has 19 heavy (non-hydrogen) atoms. The molecule has 102 valence electrons. The Morgan fingerprint density at radius 3 is 2.32 bits per heavy atom. The normalized spacial score (nSPS) is 11.2. The maximum absolute atomic E-state index is 12.7. The van der Waals surface area contributed by atoms with Crippen molar-refractivity contribution in [3.63, 3.8) is 0 Å². The second-order valence-corrected chi connectivity index (χ2v) is 3.16. The van der Waals surface area contributed by atoms with E-state index in [9.17, 15) is 26.7 Å². The van der Waals surface area contributed by atoms with Crippen LogP contribution in [-0.4, -0.2) is 17.7 Å². The molecule has 0 aliphatic rings. The number of benzene rings is 1. The van der Waals surface area contributed by atoms with Gasteiger partial charge in [-0.15, -0.1) is 0 Å². The van der Waals surface area contributed by atoms with Gasteiger partial charge in [-0.3, -0.25) is 0 Å². The molecule has 0 unspecified atom stereocenters. The van der Waals surface area contributed by atoms with Crippen LogP contribution in [0.4, 0.5) is 22.0 Å². The van der Waals surface area contributed by atoms with Gasteiger partial charge in [0.15, 0.2) is 5.75 Å². The first kappa shape index (κ1) is 14.7. The number of halogens is 5. The lowest BCUT2D eigenvalue weighted by Crippen LogP contribution is -2.17. The van der Waals surface area contributed by atoms with E-state index in [1.165, 1.54) is 0 Å². The second kappa shape index (κ2) is 5.09. The minimum Gasteiger partial charge on any atom is -0.478 e. The Bertz CT molecular complexity index is 547. The zero-order valence-electron chi connectivity index (χ0n) is 8.83. The quantitative estimate of drug-likeness (QED) is 0.865. The summed E-state index contributed by atoms with van der Waals surface area (Å²) in [5.74, 6) is -3.46. The molecule has 0 radical (unpaired) electrons. The fraction of sp³-hybridized carbons (Fsp3) is 0.200. The third-order valence-corrected chi connectivity index (χ3v) is 2.00. The Morgan fingerprint density at radius 2 is 1.95 bits per heavy atom. The molecule has 0 atom stereocenters. The van der Waals surface area contributed by atoms with Crippen molar-refractivity contribution < 1.29 is 36.6 Å². The van der Waals surface area contributed by atoms with Gasteiger partial charge < -0.3 is 9.84 Å². The van der Waals surface area contributed by atoms with Crippen LogP contribution < -0.4 is 4.74 Å². The molecule has 1 N–H and O–H groups in total. The number of hydrogen-bond acceptors (Lipinski definition) is 3. The van der Waals surface area contributed by atoms with Crippen LogP contribution in [0, 0.1) is 11.3 Å². The lowest BCUT2D eigenvalue weighted by molar-refractivity contribution is -0.142. The van der Waals surface area contributed by atoms with Gasteiger partial charge in [0.25, 0.3) is 0 Å². The van der Waals surface area contributed by atoms with Gasteiger partial charge in [-0.25, -0.2) is 4.79 Å². The number of ether oxygens (including phenoxy) is 1. The summed E-state index contributed by atoms with van der Waals surface area (Å²) in [5, 5.41) is 17.2. The molecule has 1 aromatic rings. The zero-order chi connectivity index (χ0) is 14.8. The smallest absolute Gasteiger partial charge is 0.421 e. The van der Waals surface area contributed by atoms with E-state index in [-0.39, 0.29) is 0 Å². The van der Waals surface area contributed by atoms with Crippen LogP contribution in [0.5, 0.6) is 5.75 Å². The maximum Gasteiger partial charge on any atom is 0.421 e. The Morgan fingerprint density at radius 1 is 1.37 bits per heavy atom. The molecule has 4 nitrogen and oxygen atoms in total. The van der Waals surface area contributed by atoms with Crippen molar-refractivity contribution in [1.29, 1.82) is 5.26 Å². The molecule has 0 fully saturated rings. The van der Waals surface area contributed by atoms with E-state index < -0.39 is 41.2 Å². The highest BCUT2D eigenvalue weighted by Crippen LogP contribution is 2.41. The van der Waals surface area contributed by atoms with Gasteiger partial charge in [0.1, 0.15) is 11.1 Å². The first-order chi connectivity index (χ1) is 8.68. The van der Waals surface area contributed by atoms with Crippen LogP contribution in [0.15, 0.2) is 12.1 Å². The van der Waals surface area contributed by atoms with Crippen molar-refractivity contribution in [3.05, 3.63) is 28.8 Å². The molecule has 1 rings (SSSR count). The van der Waals surface area contributed by atoms with Crippen LogP contribution in [0.1, 0.15) is 21.5 Å². The molecule has 0 aliphatic heterocycles. The summed E-state index contributed by atoms with van der Waals surface area (Å²) in [6.45, 7) is -3.66. The van der Waals surface area contributed by atoms with Crippen LogP contribution in [0.25, 0.3) is 0 Å². The monoisotopic (exact) mass is 281 g/mol. The molecular formula is C10H4F5NO3. The molecule has 0 amide bonds. The lowest BCUT2D eigenvalue weighted by atomic mass is 10.0. The zero-order valence-corrected chi connectivity index (χ0v) is 8.83. The van der Waals surface area contributed by atoms with E-state index in [0.717, 1.165) is 6.07 Å². The summed E-state index contributed by atoms with van der Waals surface area (Å²) in [4.78, 5) is 10.7. The number of hydrogen-bond donors (Lipinski definition) is 1.